The van der Waals surface area contributed by atoms with Gasteiger partial charge >= 0.3 is 0 Å². The van der Waals surface area contributed by atoms with Crippen molar-refractivity contribution in [1.82, 2.24) is 29.2 Å². The molecule has 0 bridgehead atoms. The van der Waals surface area contributed by atoms with Crippen LogP contribution >= 0.6 is 11.3 Å². The third-order valence-corrected chi connectivity index (χ3v) is 8.26. The van der Waals surface area contributed by atoms with Crippen molar-refractivity contribution >= 4 is 50.4 Å². The molecule has 1 aliphatic rings. The molecule has 6 heterocycles. The number of anilines is 3. The SMILES string of the molecule is CC(=O)N1CCN(c2ccc(Nc3nccc(-c4cnc5ccc(-c6csc7ccccc67)cn45)n3)nc2)CC1. The molecule has 7 rings (SSSR count). The zero-order valence-corrected chi connectivity index (χ0v) is 22.7. The largest absolute Gasteiger partial charge is 0.367 e. The Balaban J connectivity index is 1.12. The number of aromatic nitrogens is 5. The van der Waals surface area contributed by atoms with Gasteiger partial charge < -0.3 is 15.1 Å². The van der Waals surface area contributed by atoms with Crippen LogP contribution in [-0.2, 0) is 4.79 Å². The molecule has 9 nitrogen and oxygen atoms in total. The van der Waals surface area contributed by atoms with E-state index >= 15 is 0 Å². The van der Waals surface area contributed by atoms with Gasteiger partial charge in [0, 0.05) is 61.1 Å². The van der Waals surface area contributed by atoms with Crippen LogP contribution in [0.4, 0.5) is 17.5 Å². The van der Waals surface area contributed by atoms with Crippen LogP contribution in [0.3, 0.4) is 0 Å². The topological polar surface area (TPSA) is 91.6 Å². The maximum Gasteiger partial charge on any atom is 0.228 e. The second kappa shape index (κ2) is 10.0. The third kappa shape index (κ3) is 4.52. The quantitative estimate of drug-likeness (QED) is 0.306. The molecule has 1 fully saturated rings. The number of thiophene rings is 1. The van der Waals surface area contributed by atoms with Gasteiger partial charge in [-0.25, -0.2) is 19.9 Å². The van der Waals surface area contributed by atoms with Gasteiger partial charge in [-0.1, -0.05) is 18.2 Å². The molecule has 1 amide bonds. The van der Waals surface area contributed by atoms with Crippen molar-refractivity contribution in [2.45, 2.75) is 6.92 Å². The van der Waals surface area contributed by atoms with Crippen LogP contribution in [-0.4, -0.2) is 61.3 Å². The number of piperazine rings is 1. The summed E-state index contributed by atoms with van der Waals surface area (Å²) in [5.41, 5.74) is 5.87. The van der Waals surface area contributed by atoms with Crippen LogP contribution in [0.1, 0.15) is 6.92 Å². The number of nitrogens with zero attached hydrogens (tertiary/aromatic N) is 7. The molecule has 198 valence electrons. The summed E-state index contributed by atoms with van der Waals surface area (Å²) in [6.07, 6.45) is 7.55. The number of carbonyl (C=O) groups excluding carboxylic acids is 1. The first-order valence-electron chi connectivity index (χ1n) is 13.1. The van der Waals surface area contributed by atoms with Crippen LogP contribution in [0.5, 0.6) is 0 Å². The van der Waals surface area contributed by atoms with Crippen LogP contribution in [0.15, 0.2) is 84.8 Å². The molecule has 40 heavy (non-hydrogen) atoms. The van der Waals surface area contributed by atoms with Crippen LogP contribution in [0, 0.1) is 0 Å². The average Bonchev–Trinajstić information content (AvgIpc) is 3.62. The van der Waals surface area contributed by atoms with Gasteiger partial charge in [-0.15, -0.1) is 11.3 Å². The Labute approximate surface area is 234 Å². The Morgan fingerprint density at radius 3 is 2.62 bits per heavy atom. The van der Waals surface area contributed by atoms with Crippen molar-refractivity contribution < 1.29 is 4.79 Å². The summed E-state index contributed by atoms with van der Waals surface area (Å²) in [5.74, 6) is 1.25. The highest BCUT2D eigenvalue weighted by Gasteiger charge is 2.19. The normalized spacial score (nSPS) is 13.7. The number of carbonyl (C=O) groups is 1. The molecule has 1 aliphatic heterocycles. The van der Waals surface area contributed by atoms with Crippen molar-refractivity contribution in [3.63, 3.8) is 0 Å². The van der Waals surface area contributed by atoms with E-state index in [0.29, 0.717) is 11.8 Å². The molecule has 0 unspecified atom stereocenters. The third-order valence-electron chi connectivity index (χ3n) is 7.29. The molecule has 0 atom stereocenters. The highest BCUT2D eigenvalue weighted by atomic mass is 32.1. The zero-order valence-electron chi connectivity index (χ0n) is 21.9. The first-order chi connectivity index (χ1) is 19.6. The Bertz CT molecular complexity index is 1840. The number of pyridine rings is 2. The summed E-state index contributed by atoms with van der Waals surface area (Å²) in [7, 11) is 0. The van der Waals surface area contributed by atoms with Gasteiger partial charge in [0.25, 0.3) is 0 Å². The lowest BCUT2D eigenvalue weighted by Crippen LogP contribution is -2.48. The van der Waals surface area contributed by atoms with E-state index < -0.39 is 0 Å². The standard InChI is InChI=1S/C30H26N8OS/c1-20(39)36-12-14-37(15-13-36)22-7-8-28(32-16-22)35-30-31-11-10-25(34-30)26-17-33-29-9-6-21(18-38(26)29)24-19-40-27-5-3-2-4-23(24)27/h2-11,16-19H,12-15H2,1H3,(H,31,32,34,35). The molecule has 0 spiro atoms. The van der Waals surface area contributed by atoms with E-state index in [2.05, 4.69) is 71.5 Å². The number of amides is 1. The van der Waals surface area contributed by atoms with Crippen LogP contribution in [0.2, 0.25) is 0 Å². The van der Waals surface area contributed by atoms with Crippen molar-refractivity contribution in [2.24, 2.45) is 0 Å². The number of nitrogens with one attached hydrogen (secondary N) is 1. The lowest BCUT2D eigenvalue weighted by molar-refractivity contribution is -0.129. The van der Waals surface area contributed by atoms with Crippen LogP contribution in [0.25, 0.3) is 38.2 Å². The predicted molar refractivity (Wildman–Crippen MR) is 159 cm³/mol. The Kier molecular flexibility index (Phi) is 6.09. The summed E-state index contributed by atoms with van der Waals surface area (Å²) in [5, 5.41) is 6.68. The highest BCUT2D eigenvalue weighted by Crippen LogP contribution is 2.34. The first-order valence-corrected chi connectivity index (χ1v) is 14.0. The van der Waals surface area contributed by atoms with E-state index in [1.165, 1.54) is 15.6 Å². The monoisotopic (exact) mass is 546 g/mol. The van der Waals surface area contributed by atoms with Gasteiger partial charge in [0.1, 0.15) is 11.5 Å². The summed E-state index contributed by atoms with van der Waals surface area (Å²) in [6.45, 7) is 4.66. The maximum absolute atomic E-state index is 11.6. The van der Waals surface area contributed by atoms with E-state index in [-0.39, 0.29) is 5.91 Å². The summed E-state index contributed by atoms with van der Waals surface area (Å²) < 4.78 is 3.35. The van der Waals surface area contributed by atoms with Crippen LogP contribution < -0.4 is 10.2 Å². The molecular weight excluding hydrogens is 520 g/mol. The van der Waals surface area contributed by atoms with Gasteiger partial charge in [0.05, 0.1) is 29.5 Å². The van der Waals surface area contributed by atoms with Gasteiger partial charge in [-0.3, -0.25) is 9.20 Å². The average molecular weight is 547 g/mol. The fourth-order valence-corrected chi connectivity index (χ4v) is 6.10. The van der Waals surface area contributed by atoms with E-state index in [4.69, 9.17) is 4.98 Å². The van der Waals surface area contributed by atoms with E-state index in [1.807, 2.05) is 41.6 Å². The van der Waals surface area contributed by atoms with E-state index in [9.17, 15) is 4.79 Å². The number of hydrogen-bond donors (Lipinski definition) is 1. The van der Waals surface area contributed by atoms with Gasteiger partial charge in [0.2, 0.25) is 11.9 Å². The predicted octanol–water partition coefficient (Wildman–Crippen LogP) is 5.48. The lowest BCUT2D eigenvalue weighted by Gasteiger charge is -2.35. The molecule has 10 heteroatoms. The molecule has 0 saturated carbocycles. The van der Waals surface area contributed by atoms with E-state index in [0.717, 1.165) is 54.5 Å². The number of imidazole rings is 1. The Hall–Kier alpha value is -4.83. The first kappa shape index (κ1) is 24.2. The minimum absolute atomic E-state index is 0.125. The molecule has 1 N–H and O–H groups in total. The number of rotatable bonds is 5. The molecule has 1 saturated heterocycles. The molecular formula is C30H26N8OS. The summed E-state index contributed by atoms with van der Waals surface area (Å²) in [4.78, 5) is 34.1. The minimum atomic E-state index is 0.125. The molecule has 5 aromatic heterocycles. The second-order valence-electron chi connectivity index (χ2n) is 9.72. The molecule has 6 aromatic rings. The minimum Gasteiger partial charge on any atom is -0.367 e. The fraction of sp³-hybridized carbons (Fsp3) is 0.167. The maximum atomic E-state index is 11.6. The second-order valence-corrected chi connectivity index (χ2v) is 10.6. The van der Waals surface area contributed by atoms with E-state index in [1.54, 1.807) is 24.5 Å². The number of benzene rings is 1. The highest BCUT2D eigenvalue weighted by molar-refractivity contribution is 7.17. The van der Waals surface area contributed by atoms with Crippen molar-refractivity contribution in [3.8, 4) is 22.5 Å². The molecule has 0 aliphatic carbocycles. The Morgan fingerprint density at radius 2 is 1.80 bits per heavy atom. The fourth-order valence-electron chi connectivity index (χ4n) is 5.13. The zero-order chi connectivity index (χ0) is 27.1. The van der Waals surface area contributed by atoms with Crippen molar-refractivity contribution in [3.05, 3.63) is 84.8 Å². The number of fused-ring (bicyclic) bond motifs is 2. The molecule has 1 aromatic carbocycles. The smallest absolute Gasteiger partial charge is 0.228 e. The molecule has 0 radical (unpaired) electrons. The Morgan fingerprint density at radius 1 is 0.925 bits per heavy atom. The summed E-state index contributed by atoms with van der Waals surface area (Å²) in [6, 6.07) is 18.5. The lowest BCUT2D eigenvalue weighted by atomic mass is 10.1. The number of hydrogen-bond acceptors (Lipinski definition) is 8. The van der Waals surface area contributed by atoms with Crippen molar-refractivity contribution in [1.29, 1.82) is 0 Å². The van der Waals surface area contributed by atoms with Gasteiger partial charge in [-0.05, 0) is 47.3 Å². The van der Waals surface area contributed by atoms with Gasteiger partial charge in [0.15, 0.2) is 0 Å². The van der Waals surface area contributed by atoms with Crippen molar-refractivity contribution in [2.75, 3.05) is 36.4 Å². The van der Waals surface area contributed by atoms with Gasteiger partial charge in [-0.2, -0.15) is 0 Å². The summed E-state index contributed by atoms with van der Waals surface area (Å²) >= 11 is 1.75.